The summed E-state index contributed by atoms with van der Waals surface area (Å²) in [5, 5.41) is 10.3. The molecule has 3 aromatic carbocycles. The van der Waals surface area contributed by atoms with E-state index >= 15 is 0 Å². The first kappa shape index (κ1) is 66.8. The van der Waals surface area contributed by atoms with Crippen LogP contribution in [0, 0.1) is 0 Å². The Hall–Kier alpha value is -7.20. The number of hydrogen-bond acceptors (Lipinski definition) is 18. The number of carbonyl (C=O) groups is 8. The van der Waals surface area contributed by atoms with Crippen LogP contribution in [0.4, 0.5) is 41.9 Å². The van der Waals surface area contributed by atoms with Gasteiger partial charge in [0.25, 0.3) is 0 Å². The van der Waals surface area contributed by atoms with Crippen molar-refractivity contribution in [2.75, 3.05) is 84.8 Å². The molecule has 0 aliphatic rings. The van der Waals surface area contributed by atoms with Gasteiger partial charge in [0.1, 0.15) is 45.7 Å². The fourth-order valence-corrected chi connectivity index (χ4v) is 6.64. The Labute approximate surface area is 442 Å². The molecule has 0 fully saturated rings. The molecule has 22 heteroatoms. The Kier molecular flexibility index (Phi) is 40.2. The van der Waals surface area contributed by atoms with Gasteiger partial charge in [0.05, 0.1) is 13.0 Å². The van der Waals surface area contributed by atoms with Crippen LogP contribution in [-0.2, 0) is 57.1 Å². The first-order chi connectivity index (χ1) is 35.8. The fraction of sp³-hybridized carbons (Fsp3) is 0.423. The Morgan fingerprint density at radius 1 is 0.527 bits per heavy atom. The zero-order chi connectivity index (χ0) is 55.2. The minimum atomic E-state index is -0.943. The van der Waals surface area contributed by atoms with Gasteiger partial charge in [0.15, 0.2) is 0 Å². The molecule has 4 amide bonds. The number of thioether (sulfide) groups is 2. The molecule has 0 heterocycles. The summed E-state index contributed by atoms with van der Waals surface area (Å²) >= 11 is 2.88. The van der Waals surface area contributed by atoms with Crippen molar-refractivity contribution in [2.45, 2.75) is 84.6 Å². The van der Waals surface area contributed by atoms with Crippen molar-refractivity contribution in [3.05, 3.63) is 104 Å². The highest BCUT2D eigenvalue weighted by Gasteiger charge is 2.19. The zero-order valence-electron chi connectivity index (χ0n) is 43.1. The number of ether oxygens (including phenoxy) is 8. The van der Waals surface area contributed by atoms with E-state index in [4.69, 9.17) is 28.4 Å². The summed E-state index contributed by atoms with van der Waals surface area (Å²) in [5.41, 5.74) is 1.27. The lowest BCUT2D eigenvalue weighted by molar-refractivity contribution is -0.149. The van der Waals surface area contributed by atoms with Crippen LogP contribution < -0.4 is 21.3 Å². The van der Waals surface area contributed by atoms with E-state index in [1.54, 1.807) is 55.1 Å². The monoisotopic (exact) mass is 1070 g/mol. The van der Waals surface area contributed by atoms with Gasteiger partial charge in [-0.2, -0.15) is 11.8 Å². The first-order valence-electron chi connectivity index (χ1n) is 24.0. The summed E-state index contributed by atoms with van der Waals surface area (Å²) in [5.74, 6) is -0.707. The van der Waals surface area contributed by atoms with Crippen LogP contribution in [0.3, 0.4) is 0 Å². The molecule has 0 saturated carbocycles. The lowest BCUT2D eigenvalue weighted by atomic mass is 10.3. The minimum Gasteiger partial charge on any atom is -0.465 e. The van der Waals surface area contributed by atoms with Crippen LogP contribution in [0.15, 0.2) is 109 Å². The molecule has 0 spiro atoms. The van der Waals surface area contributed by atoms with Gasteiger partial charge in [-0.15, -0.1) is 11.8 Å². The average molecular weight is 1070 g/mol. The second-order valence-electron chi connectivity index (χ2n) is 13.8. The van der Waals surface area contributed by atoms with Crippen LogP contribution >= 0.6 is 23.5 Å². The standard InChI is InChI=1S/C40H48N4O12S2.C8H12O4.2C2H6/c1-3-5-9-19-53-37(47)41-30-13-11-15-32(26-30)44-40(50)56-33(28-57-23-18-36(46)52-22-24-58-34-16-7-6-8-17-34)27-55-39(49)43-31-14-10-12-29(25-31)42-38(48)54-21-20-51-35(45)4-2;1-3-7(9)11-5-6-12-8(10)4-2;2*1-2/h4,6-8,10-17,25-26,33H,2-3,5,9,18-24,27-28H2,1H3,(H,41,47)(H,42,48)(H,43,49)(H,44,50);3H,1,4-6H2,2H3;2*1-2H3. The molecule has 74 heavy (non-hydrogen) atoms. The molecule has 3 rings (SSSR count). The Balaban J connectivity index is 0.00000289. The van der Waals surface area contributed by atoms with Crippen molar-refractivity contribution in [1.82, 2.24) is 0 Å². The second-order valence-corrected chi connectivity index (χ2v) is 16.1. The van der Waals surface area contributed by atoms with E-state index in [0.717, 1.165) is 36.3 Å². The summed E-state index contributed by atoms with van der Waals surface area (Å²) in [4.78, 5) is 95.5. The predicted molar refractivity (Wildman–Crippen MR) is 288 cm³/mol. The van der Waals surface area contributed by atoms with Gasteiger partial charge in [-0.05, 0) is 55.0 Å². The number of esters is 4. The van der Waals surface area contributed by atoms with Crippen LogP contribution in [-0.4, -0.2) is 118 Å². The molecule has 0 aliphatic carbocycles. The Bertz CT molecular complexity index is 2130. The Morgan fingerprint density at radius 2 is 1.00 bits per heavy atom. The first-order valence-corrected chi connectivity index (χ1v) is 26.1. The molecule has 408 valence electrons. The number of hydrogen-bond donors (Lipinski definition) is 4. The quantitative estimate of drug-likeness (QED) is 0.0166. The number of amides is 4. The van der Waals surface area contributed by atoms with E-state index in [1.807, 2.05) is 65.0 Å². The smallest absolute Gasteiger partial charge is 0.412 e. The van der Waals surface area contributed by atoms with Gasteiger partial charge in [-0.1, -0.05) is 97.9 Å². The van der Waals surface area contributed by atoms with Crippen LogP contribution in [0.1, 0.15) is 73.6 Å². The van der Waals surface area contributed by atoms with Crippen molar-refractivity contribution >= 4 is 94.5 Å². The van der Waals surface area contributed by atoms with Gasteiger partial charge in [0, 0.05) is 63.5 Å². The van der Waals surface area contributed by atoms with Gasteiger partial charge in [-0.3, -0.25) is 30.9 Å². The van der Waals surface area contributed by atoms with Crippen molar-refractivity contribution in [2.24, 2.45) is 0 Å². The number of anilines is 4. The van der Waals surface area contributed by atoms with E-state index in [0.29, 0.717) is 29.3 Å². The molecule has 0 radical (unpaired) electrons. The molecule has 0 aliphatic heterocycles. The summed E-state index contributed by atoms with van der Waals surface area (Å²) in [6.45, 7) is 18.3. The SMILES string of the molecule is C=CC(=O)OCCOC(=O)CC.C=CC(=O)OCCOC(=O)Nc1cccc(NC(=O)OCC(CSCCC(=O)OCCSc2ccccc2)OC(=O)Nc2cccc(NC(=O)OCCCCC)c2)c1.CC.CC. The molecule has 0 aromatic heterocycles. The van der Waals surface area contributed by atoms with Gasteiger partial charge in [0.2, 0.25) is 0 Å². The van der Waals surface area contributed by atoms with Crippen LogP contribution in [0.5, 0.6) is 0 Å². The summed E-state index contributed by atoms with van der Waals surface area (Å²) in [6, 6.07) is 22.3. The summed E-state index contributed by atoms with van der Waals surface area (Å²) < 4.78 is 40.4. The van der Waals surface area contributed by atoms with Crippen molar-refractivity contribution in [3.8, 4) is 0 Å². The lowest BCUT2D eigenvalue weighted by Crippen LogP contribution is -2.31. The summed E-state index contributed by atoms with van der Waals surface area (Å²) in [6.07, 6.45) is 1.07. The van der Waals surface area contributed by atoms with Crippen molar-refractivity contribution in [3.63, 3.8) is 0 Å². The second kappa shape index (κ2) is 44.5. The van der Waals surface area contributed by atoms with Gasteiger partial charge in [-0.25, -0.2) is 28.8 Å². The fourth-order valence-electron chi connectivity index (χ4n) is 4.98. The maximum absolute atomic E-state index is 13.0. The highest BCUT2D eigenvalue weighted by Crippen LogP contribution is 2.19. The van der Waals surface area contributed by atoms with E-state index in [2.05, 4.69) is 43.9 Å². The topological polar surface area (TPSA) is 259 Å². The van der Waals surface area contributed by atoms with Gasteiger partial charge < -0.3 is 37.9 Å². The molecule has 0 bridgehead atoms. The number of rotatable bonds is 29. The minimum absolute atomic E-state index is 0.0800. The zero-order valence-corrected chi connectivity index (χ0v) is 44.7. The van der Waals surface area contributed by atoms with E-state index in [9.17, 15) is 38.4 Å². The molecule has 1 unspecified atom stereocenters. The molecular formula is C52H72N4O16S2. The average Bonchev–Trinajstić information content (AvgIpc) is 3.41. The molecule has 1 atom stereocenters. The maximum atomic E-state index is 13.0. The highest BCUT2D eigenvalue weighted by molar-refractivity contribution is 7.99. The highest BCUT2D eigenvalue weighted by atomic mass is 32.2. The van der Waals surface area contributed by atoms with Crippen molar-refractivity contribution in [1.29, 1.82) is 0 Å². The number of benzene rings is 3. The van der Waals surface area contributed by atoms with E-state index in [1.165, 1.54) is 23.9 Å². The van der Waals surface area contributed by atoms with Crippen LogP contribution in [0.2, 0.25) is 0 Å². The molecule has 0 saturated heterocycles. The lowest BCUT2D eigenvalue weighted by Gasteiger charge is -2.18. The summed E-state index contributed by atoms with van der Waals surface area (Å²) in [7, 11) is 0. The number of unbranched alkanes of at least 4 members (excludes halogenated alkanes) is 2. The molecule has 4 N–H and O–H groups in total. The largest absolute Gasteiger partial charge is 0.465 e. The molecular weight excluding hydrogens is 1000 g/mol. The molecule has 20 nitrogen and oxygen atoms in total. The third kappa shape index (κ3) is 35.8. The predicted octanol–water partition coefficient (Wildman–Crippen LogP) is 11.0. The number of nitrogens with one attached hydrogen (secondary N) is 4. The van der Waals surface area contributed by atoms with Crippen LogP contribution in [0.25, 0.3) is 0 Å². The Morgan fingerprint density at radius 3 is 1.51 bits per heavy atom. The third-order valence-electron chi connectivity index (χ3n) is 8.25. The van der Waals surface area contributed by atoms with Gasteiger partial charge >= 0.3 is 48.3 Å². The van der Waals surface area contributed by atoms with E-state index < -0.39 is 42.4 Å². The van der Waals surface area contributed by atoms with E-state index in [-0.39, 0.29) is 81.7 Å². The van der Waals surface area contributed by atoms with Crippen molar-refractivity contribution < 1.29 is 76.3 Å². The molecule has 3 aromatic rings. The normalized spacial score (nSPS) is 10.1. The number of carbonyl (C=O) groups excluding carboxylic acids is 8. The third-order valence-corrected chi connectivity index (χ3v) is 10.3. The maximum Gasteiger partial charge on any atom is 0.412 e.